The molecular formula is C24H32ClN5O4. The molecule has 1 saturated carbocycles. The van der Waals surface area contributed by atoms with Crippen molar-refractivity contribution in [2.24, 2.45) is 11.3 Å². The Morgan fingerprint density at radius 3 is 2.56 bits per heavy atom. The van der Waals surface area contributed by atoms with Crippen LogP contribution in [0.2, 0.25) is 5.02 Å². The number of amides is 4. The van der Waals surface area contributed by atoms with Crippen LogP contribution in [-0.4, -0.2) is 52.1 Å². The number of aromatic nitrogens is 1. The van der Waals surface area contributed by atoms with Crippen LogP contribution in [0.3, 0.4) is 0 Å². The van der Waals surface area contributed by atoms with E-state index in [1.807, 2.05) is 26.8 Å². The lowest BCUT2D eigenvalue weighted by Gasteiger charge is -2.35. The van der Waals surface area contributed by atoms with Crippen molar-refractivity contribution in [3.8, 4) is 0 Å². The van der Waals surface area contributed by atoms with Crippen LogP contribution in [0.15, 0.2) is 30.5 Å². The topological polar surface area (TPSA) is 124 Å². The summed E-state index contributed by atoms with van der Waals surface area (Å²) >= 11 is 6.24. The van der Waals surface area contributed by atoms with Crippen LogP contribution in [0, 0.1) is 11.3 Å². The van der Waals surface area contributed by atoms with Crippen LogP contribution in [0.4, 0.5) is 10.5 Å². The molecule has 1 aromatic carbocycles. The highest BCUT2D eigenvalue weighted by Crippen LogP contribution is 2.29. The lowest BCUT2D eigenvalue weighted by Crippen LogP contribution is -2.57. The number of hydrogen-bond donors (Lipinski definition) is 4. The Labute approximate surface area is 204 Å². The number of urea groups is 1. The number of halogens is 1. The fourth-order valence-corrected chi connectivity index (χ4v) is 4.52. The zero-order valence-electron chi connectivity index (χ0n) is 19.7. The molecule has 1 aromatic heterocycles. The average molecular weight is 490 g/mol. The summed E-state index contributed by atoms with van der Waals surface area (Å²) in [7, 11) is 0. The minimum Gasteiger partial charge on any atom is -0.331 e. The second-order valence-electron chi connectivity index (χ2n) is 9.80. The van der Waals surface area contributed by atoms with Crippen LogP contribution in [0.25, 0.3) is 10.9 Å². The molecule has 1 aliphatic rings. The van der Waals surface area contributed by atoms with Crippen LogP contribution < -0.4 is 16.1 Å². The Morgan fingerprint density at radius 2 is 1.91 bits per heavy atom. The van der Waals surface area contributed by atoms with Crippen molar-refractivity contribution < 1.29 is 19.6 Å². The monoisotopic (exact) mass is 489 g/mol. The standard InChI is InChI=1S/C24H32ClN5O4/c1-24(2,3)21(22(32)30(14-19(31)29-34)13-15-7-4-5-8-15)28-23(33)27-18-11-10-17(25)16-9-6-12-26-20(16)18/h6,9-12,15,21,34H,4-5,7-8,13-14H2,1-3H3,(H,29,31)(H2,27,28,33)/t21-/m1/s1. The van der Waals surface area contributed by atoms with Gasteiger partial charge >= 0.3 is 6.03 Å². The SMILES string of the molecule is CC(C)(C)[C@H](NC(=O)Nc1ccc(Cl)c2cccnc12)C(=O)N(CC(=O)NO)CC1CCCC1. The Hall–Kier alpha value is -2.91. The molecule has 34 heavy (non-hydrogen) atoms. The van der Waals surface area contributed by atoms with Gasteiger partial charge in [-0.3, -0.25) is 19.8 Å². The summed E-state index contributed by atoms with van der Waals surface area (Å²) in [4.78, 5) is 44.2. The predicted molar refractivity (Wildman–Crippen MR) is 131 cm³/mol. The number of anilines is 1. The Morgan fingerprint density at radius 1 is 1.21 bits per heavy atom. The maximum atomic E-state index is 13.6. The first kappa shape index (κ1) is 25.7. The molecule has 1 heterocycles. The van der Waals surface area contributed by atoms with Crippen LogP contribution in [-0.2, 0) is 9.59 Å². The van der Waals surface area contributed by atoms with Crippen molar-refractivity contribution in [2.45, 2.75) is 52.5 Å². The number of hydrogen-bond acceptors (Lipinski definition) is 5. The molecule has 1 aliphatic carbocycles. The van der Waals surface area contributed by atoms with Gasteiger partial charge in [-0.25, -0.2) is 10.3 Å². The largest absolute Gasteiger partial charge is 0.331 e. The van der Waals surface area contributed by atoms with E-state index in [1.165, 1.54) is 4.90 Å². The molecule has 0 radical (unpaired) electrons. The molecule has 0 unspecified atom stereocenters. The summed E-state index contributed by atoms with van der Waals surface area (Å²) in [6.07, 6.45) is 5.75. The van der Waals surface area contributed by atoms with Crippen molar-refractivity contribution in [3.63, 3.8) is 0 Å². The summed E-state index contributed by atoms with van der Waals surface area (Å²) in [5.74, 6) is -0.768. The van der Waals surface area contributed by atoms with E-state index in [0.717, 1.165) is 25.7 Å². The molecular weight excluding hydrogens is 458 g/mol. The Balaban J connectivity index is 1.80. The van der Waals surface area contributed by atoms with E-state index in [2.05, 4.69) is 15.6 Å². The van der Waals surface area contributed by atoms with Gasteiger partial charge in [-0.05, 0) is 48.4 Å². The maximum absolute atomic E-state index is 13.6. The van der Waals surface area contributed by atoms with Crippen molar-refractivity contribution >= 4 is 46.0 Å². The number of pyridine rings is 1. The van der Waals surface area contributed by atoms with Gasteiger partial charge in [0.1, 0.15) is 12.6 Å². The van der Waals surface area contributed by atoms with Gasteiger partial charge in [0.05, 0.1) is 16.2 Å². The van der Waals surface area contributed by atoms with Crippen LogP contribution in [0.5, 0.6) is 0 Å². The zero-order valence-corrected chi connectivity index (χ0v) is 20.5. The van der Waals surface area contributed by atoms with E-state index in [1.54, 1.807) is 29.9 Å². The fraction of sp³-hybridized carbons (Fsp3) is 0.500. The first-order valence-electron chi connectivity index (χ1n) is 11.4. The van der Waals surface area contributed by atoms with Gasteiger partial charge in [0, 0.05) is 18.1 Å². The Bertz CT molecular complexity index is 1050. The molecule has 1 fully saturated rings. The number of carbonyl (C=O) groups excluding carboxylic acids is 3. The highest BCUT2D eigenvalue weighted by atomic mass is 35.5. The van der Waals surface area contributed by atoms with E-state index in [-0.39, 0.29) is 18.4 Å². The number of nitrogens with one attached hydrogen (secondary N) is 3. The van der Waals surface area contributed by atoms with Gasteiger partial charge in [-0.15, -0.1) is 0 Å². The number of hydroxylamine groups is 1. The summed E-state index contributed by atoms with van der Waals surface area (Å²) in [6, 6.07) is 5.41. The summed E-state index contributed by atoms with van der Waals surface area (Å²) in [5.41, 5.74) is 1.95. The van der Waals surface area contributed by atoms with Gasteiger partial charge < -0.3 is 15.5 Å². The maximum Gasteiger partial charge on any atom is 0.319 e. The average Bonchev–Trinajstić information content (AvgIpc) is 3.31. The summed E-state index contributed by atoms with van der Waals surface area (Å²) in [5, 5.41) is 15.8. The smallest absolute Gasteiger partial charge is 0.319 e. The van der Waals surface area contributed by atoms with Crippen molar-refractivity contribution in [1.82, 2.24) is 20.7 Å². The van der Waals surface area contributed by atoms with Gasteiger partial charge in [0.25, 0.3) is 5.91 Å². The summed E-state index contributed by atoms with van der Waals surface area (Å²) in [6.45, 7) is 5.64. The van der Waals surface area contributed by atoms with Crippen LogP contribution in [0.1, 0.15) is 46.5 Å². The highest BCUT2D eigenvalue weighted by Gasteiger charge is 2.37. The Kier molecular flexibility index (Phi) is 8.33. The number of nitrogens with zero attached hydrogens (tertiary/aromatic N) is 2. The fourth-order valence-electron chi connectivity index (χ4n) is 4.31. The van der Waals surface area contributed by atoms with E-state index in [0.29, 0.717) is 28.2 Å². The minimum absolute atomic E-state index is 0.284. The first-order chi connectivity index (χ1) is 16.1. The molecule has 4 amide bonds. The molecule has 0 saturated heterocycles. The normalized spacial score (nSPS) is 15.1. The number of benzene rings is 1. The van der Waals surface area contributed by atoms with Crippen molar-refractivity contribution in [1.29, 1.82) is 0 Å². The van der Waals surface area contributed by atoms with Gasteiger partial charge in [0.15, 0.2) is 0 Å². The molecule has 3 rings (SSSR count). The molecule has 10 heteroatoms. The van der Waals surface area contributed by atoms with Gasteiger partial charge in [-0.1, -0.05) is 45.2 Å². The minimum atomic E-state index is -0.910. The number of fused-ring (bicyclic) bond motifs is 1. The van der Waals surface area contributed by atoms with Crippen molar-refractivity contribution in [2.75, 3.05) is 18.4 Å². The van der Waals surface area contributed by atoms with E-state index < -0.39 is 23.4 Å². The number of rotatable bonds is 7. The molecule has 9 nitrogen and oxygen atoms in total. The van der Waals surface area contributed by atoms with E-state index in [9.17, 15) is 14.4 Å². The lowest BCUT2D eigenvalue weighted by molar-refractivity contribution is -0.142. The lowest BCUT2D eigenvalue weighted by atomic mass is 9.85. The molecule has 0 aliphatic heterocycles. The van der Waals surface area contributed by atoms with Crippen molar-refractivity contribution in [3.05, 3.63) is 35.5 Å². The van der Waals surface area contributed by atoms with Gasteiger partial charge in [0.2, 0.25) is 5.91 Å². The predicted octanol–water partition coefficient (Wildman–Crippen LogP) is 3.95. The zero-order chi connectivity index (χ0) is 24.9. The molecule has 4 N–H and O–H groups in total. The number of carbonyl (C=O) groups is 3. The molecule has 0 spiro atoms. The molecule has 0 bridgehead atoms. The third-order valence-electron chi connectivity index (χ3n) is 6.08. The van der Waals surface area contributed by atoms with E-state index in [4.69, 9.17) is 16.8 Å². The summed E-state index contributed by atoms with van der Waals surface area (Å²) < 4.78 is 0. The van der Waals surface area contributed by atoms with Gasteiger partial charge in [-0.2, -0.15) is 0 Å². The molecule has 184 valence electrons. The van der Waals surface area contributed by atoms with E-state index >= 15 is 0 Å². The third kappa shape index (κ3) is 6.36. The molecule has 1 atom stereocenters. The second-order valence-corrected chi connectivity index (χ2v) is 10.2. The highest BCUT2D eigenvalue weighted by molar-refractivity contribution is 6.35. The third-order valence-corrected chi connectivity index (χ3v) is 6.41. The molecule has 2 aromatic rings. The first-order valence-corrected chi connectivity index (χ1v) is 11.8. The second kappa shape index (κ2) is 11.0. The van der Waals surface area contributed by atoms with Crippen LogP contribution >= 0.6 is 11.6 Å². The quantitative estimate of drug-likeness (QED) is 0.346.